The van der Waals surface area contributed by atoms with E-state index in [1.807, 2.05) is 6.92 Å². The average Bonchev–Trinajstić information content (AvgIpc) is 2.41. The minimum atomic E-state index is -1.12. The Bertz CT molecular complexity index is 375. The van der Waals surface area contributed by atoms with Crippen LogP contribution in [-0.2, 0) is 14.4 Å². The highest BCUT2D eigenvalue weighted by molar-refractivity contribution is 5.72. The van der Waals surface area contributed by atoms with E-state index in [1.165, 1.54) is 4.90 Å². The van der Waals surface area contributed by atoms with Crippen molar-refractivity contribution in [1.82, 2.24) is 9.80 Å². The van der Waals surface area contributed by atoms with Crippen LogP contribution < -0.4 is 5.73 Å². The number of hydrogen-bond donors (Lipinski definition) is 4. The normalized spacial score (nSPS) is 12.5. The van der Waals surface area contributed by atoms with Crippen molar-refractivity contribution in [1.29, 1.82) is 0 Å². The van der Waals surface area contributed by atoms with E-state index in [4.69, 9.17) is 21.1 Å². The highest BCUT2D eigenvalue weighted by atomic mass is 16.4. The van der Waals surface area contributed by atoms with Gasteiger partial charge in [-0.15, -0.1) is 0 Å². The average molecular weight is 333 g/mol. The Hall–Kier alpha value is -1.71. The van der Waals surface area contributed by atoms with Crippen LogP contribution in [0.1, 0.15) is 26.2 Å². The Kier molecular flexibility index (Phi) is 10.9. The summed E-state index contributed by atoms with van der Waals surface area (Å²) in [5.41, 5.74) is 5.44. The largest absolute Gasteiger partial charge is 0.480 e. The van der Waals surface area contributed by atoms with E-state index in [0.717, 1.165) is 19.3 Å². The van der Waals surface area contributed by atoms with Crippen LogP contribution in [0.15, 0.2) is 0 Å². The van der Waals surface area contributed by atoms with E-state index in [-0.39, 0.29) is 25.7 Å². The summed E-state index contributed by atoms with van der Waals surface area (Å²) in [4.78, 5) is 35.5. The smallest absolute Gasteiger partial charge is 0.317 e. The molecule has 134 valence electrons. The van der Waals surface area contributed by atoms with Gasteiger partial charge >= 0.3 is 17.9 Å². The van der Waals surface area contributed by atoms with Crippen molar-refractivity contribution in [2.45, 2.75) is 32.2 Å². The van der Waals surface area contributed by atoms with Crippen LogP contribution in [0.25, 0.3) is 0 Å². The van der Waals surface area contributed by atoms with Gasteiger partial charge in [0.2, 0.25) is 0 Å². The number of nitrogens with zero attached hydrogens (tertiary/aromatic N) is 2. The van der Waals surface area contributed by atoms with Crippen molar-refractivity contribution in [3.8, 4) is 0 Å². The van der Waals surface area contributed by atoms with Crippen molar-refractivity contribution in [2.24, 2.45) is 5.73 Å². The van der Waals surface area contributed by atoms with E-state index in [9.17, 15) is 14.4 Å². The zero-order valence-corrected chi connectivity index (χ0v) is 13.5. The molecule has 0 aliphatic carbocycles. The first kappa shape index (κ1) is 21.3. The quantitative estimate of drug-likeness (QED) is 0.305. The number of nitrogens with two attached hydrogens (primary N) is 1. The highest BCUT2D eigenvalue weighted by Gasteiger charge is 2.19. The second kappa shape index (κ2) is 11.8. The fourth-order valence-corrected chi connectivity index (χ4v) is 2.26. The SMILES string of the molecule is CC(CCCCN)N(CCN(CC(=O)O)CC(=O)O)CC(=O)O. The molecule has 0 aromatic rings. The van der Waals surface area contributed by atoms with Crippen LogP contribution in [0.4, 0.5) is 0 Å². The van der Waals surface area contributed by atoms with Crippen molar-refractivity contribution in [3.63, 3.8) is 0 Å². The molecule has 0 aromatic heterocycles. The number of carbonyl (C=O) groups is 3. The van der Waals surface area contributed by atoms with Crippen LogP contribution in [-0.4, -0.2) is 88.3 Å². The van der Waals surface area contributed by atoms with Gasteiger partial charge in [-0.3, -0.25) is 24.2 Å². The molecule has 0 rings (SSSR count). The Morgan fingerprint density at radius 1 is 0.913 bits per heavy atom. The van der Waals surface area contributed by atoms with Gasteiger partial charge in [-0.25, -0.2) is 0 Å². The summed E-state index contributed by atoms with van der Waals surface area (Å²) in [5.74, 6) is -3.21. The Balaban J connectivity index is 4.61. The molecule has 0 aromatic carbocycles. The molecule has 0 aliphatic rings. The van der Waals surface area contributed by atoms with Crippen molar-refractivity contribution < 1.29 is 29.7 Å². The summed E-state index contributed by atoms with van der Waals surface area (Å²) in [5, 5.41) is 26.6. The number of aliphatic carboxylic acids is 3. The van der Waals surface area contributed by atoms with Gasteiger partial charge < -0.3 is 21.1 Å². The predicted molar refractivity (Wildman–Crippen MR) is 83.3 cm³/mol. The molecule has 0 fully saturated rings. The van der Waals surface area contributed by atoms with Gasteiger partial charge in [0.1, 0.15) is 0 Å². The van der Waals surface area contributed by atoms with Crippen LogP contribution >= 0.6 is 0 Å². The number of carboxylic acids is 3. The fraction of sp³-hybridized carbons (Fsp3) is 0.786. The zero-order chi connectivity index (χ0) is 17.8. The lowest BCUT2D eigenvalue weighted by Gasteiger charge is -2.30. The first-order chi connectivity index (χ1) is 10.8. The monoisotopic (exact) mass is 333 g/mol. The van der Waals surface area contributed by atoms with E-state index < -0.39 is 31.0 Å². The molecule has 0 spiro atoms. The summed E-state index contributed by atoms with van der Waals surface area (Å²) in [7, 11) is 0. The van der Waals surface area contributed by atoms with E-state index in [2.05, 4.69) is 0 Å². The Morgan fingerprint density at radius 3 is 1.87 bits per heavy atom. The molecule has 1 atom stereocenters. The van der Waals surface area contributed by atoms with Crippen LogP contribution in [0, 0.1) is 0 Å². The van der Waals surface area contributed by atoms with Gasteiger partial charge in [0, 0.05) is 19.1 Å². The number of hydrogen-bond acceptors (Lipinski definition) is 6. The standard InChI is InChI=1S/C14H27N3O6/c1-11(4-2-3-5-15)17(10-14(22)23)7-6-16(8-12(18)19)9-13(20)21/h11H,2-10,15H2,1H3,(H,18,19)(H,20,21)(H,22,23). The number of unbranched alkanes of at least 4 members (excludes halogenated alkanes) is 1. The molecule has 1 unspecified atom stereocenters. The third-order valence-electron chi connectivity index (χ3n) is 3.46. The molecule has 0 amide bonds. The molecule has 0 bridgehead atoms. The molecular weight excluding hydrogens is 306 g/mol. The third-order valence-corrected chi connectivity index (χ3v) is 3.46. The molecular formula is C14H27N3O6. The van der Waals surface area contributed by atoms with Gasteiger partial charge in [-0.2, -0.15) is 0 Å². The minimum absolute atomic E-state index is 0.00541. The maximum absolute atomic E-state index is 11.0. The third kappa shape index (κ3) is 11.5. The number of rotatable bonds is 14. The first-order valence-electron chi connectivity index (χ1n) is 7.58. The molecule has 0 saturated heterocycles. The summed E-state index contributed by atoms with van der Waals surface area (Å²) >= 11 is 0. The molecule has 0 heterocycles. The second-order valence-corrected chi connectivity index (χ2v) is 5.50. The van der Waals surface area contributed by atoms with E-state index >= 15 is 0 Å². The first-order valence-corrected chi connectivity index (χ1v) is 7.58. The summed E-state index contributed by atoms with van der Waals surface area (Å²) < 4.78 is 0. The van der Waals surface area contributed by atoms with Gasteiger partial charge in [0.25, 0.3) is 0 Å². The van der Waals surface area contributed by atoms with Gasteiger partial charge in [-0.1, -0.05) is 6.42 Å². The van der Waals surface area contributed by atoms with Gasteiger partial charge in [0.15, 0.2) is 0 Å². The Morgan fingerprint density at radius 2 is 1.43 bits per heavy atom. The lowest BCUT2D eigenvalue weighted by atomic mass is 10.1. The molecule has 23 heavy (non-hydrogen) atoms. The molecule has 0 aliphatic heterocycles. The lowest BCUT2D eigenvalue weighted by molar-refractivity contribution is -0.143. The zero-order valence-electron chi connectivity index (χ0n) is 13.5. The fourth-order valence-electron chi connectivity index (χ4n) is 2.26. The van der Waals surface area contributed by atoms with E-state index in [1.54, 1.807) is 4.90 Å². The van der Waals surface area contributed by atoms with E-state index in [0.29, 0.717) is 6.54 Å². The molecule has 0 radical (unpaired) electrons. The topological polar surface area (TPSA) is 144 Å². The summed E-state index contributed by atoms with van der Waals surface area (Å²) in [6.45, 7) is 1.99. The van der Waals surface area contributed by atoms with Crippen LogP contribution in [0.2, 0.25) is 0 Å². The second-order valence-electron chi connectivity index (χ2n) is 5.50. The van der Waals surface area contributed by atoms with Crippen LogP contribution in [0.5, 0.6) is 0 Å². The number of carboxylic acid groups (broad SMARTS) is 3. The lowest BCUT2D eigenvalue weighted by Crippen LogP contribution is -2.44. The molecule has 9 heteroatoms. The predicted octanol–water partition coefficient (Wildman–Crippen LogP) is -0.638. The molecule has 0 saturated carbocycles. The summed E-state index contributed by atoms with van der Waals surface area (Å²) in [6, 6.07) is -0.00541. The minimum Gasteiger partial charge on any atom is -0.480 e. The maximum Gasteiger partial charge on any atom is 0.317 e. The van der Waals surface area contributed by atoms with Crippen molar-refractivity contribution in [2.75, 3.05) is 39.3 Å². The Labute approximate surface area is 135 Å². The van der Waals surface area contributed by atoms with Crippen LogP contribution in [0.3, 0.4) is 0 Å². The van der Waals surface area contributed by atoms with Crippen molar-refractivity contribution in [3.05, 3.63) is 0 Å². The van der Waals surface area contributed by atoms with Crippen molar-refractivity contribution >= 4 is 17.9 Å². The highest BCUT2D eigenvalue weighted by Crippen LogP contribution is 2.08. The summed E-state index contributed by atoms with van der Waals surface area (Å²) in [6.07, 6.45) is 2.51. The molecule has 9 nitrogen and oxygen atoms in total. The van der Waals surface area contributed by atoms with Gasteiger partial charge in [0.05, 0.1) is 19.6 Å². The van der Waals surface area contributed by atoms with Gasteiger partial charge in [-0.05, 0) is 26.3 Å². The maximum atomic E-state index is 11.0. The molecule has 5 N–H and O–H groups in total.